The first-order valence-corrected chi connectivity index (χ1v) is 12.1. The average Bonchev–Trinajstić information content (AvgIpc) is 3.30. The molecule has 14 heteroatoms. The van der Waals surface area contributed by atoms with Crippen LogP contribution in [0.2, 0.25) is 10.0 Å². The van der Waals surface area contributed by atoms with Crippen molar-refractivity contribution in [2.45, 2.75) is 6.61 Å². The Labute approximate surface area is 232 Å². The van der Waals surface area contributed by atoms with Crippen molar-refractivity contribution in [3.05, 3.63) is 86.8 Å². The topological polar surface area (TPSA) is 151 Å². The van der Waals surface area contributed by atoms with Gasteiger partial charge in [-0.2, -0.15) is 0 Å². The van der Waals surface area contributed by atoms with Gasteiger partial charge in [0.1, 0.15) is 34.8 Å². The number of pyridine rings is 1. The Bertz CT molecular complexity index is 1550. The zero-order chi connectivity index (χ0) is 27.9. The number of methoxy groups -OCH3 is 1. The normalized spacial score (nSPS) is 10.5. The van der Waals surface area contributed by atoms with Gasteiger partial charge in [0, 0.05) is 19.3 Å². The predicted molar refractivity (Wildman–Crippen MR) is 149 cm³/mol. The quantitative estimate of drug-likeness (QED) is 0.204. The van der Waals surface area contributed by atoms with E-state index in [0.29, 0.717) is 17.3 Å². The van der Waals surface area contributed by atoms with E-state index in [1.807, 2.05) is 0 Å². The molecule has 0 aliphatic carbocycles. The monoisotopic (exact) mass is 571 g/mol. The van der Waals surface area contributed by atoms with Gasteiger partial charge in [-0.3, -0.25) is 20.5 Å². The molecule has 0 spiro atoms. The number of anilines is 3. The van der Waals surface area contributed by atoms with Crippen molar-refractivity contribution in [3.8, 4) is 17.2 Å². The summed E-state index contributed by atoms with van der Waals surface area (Å²) in [5.74, 6) is 1.48. The Morgan fingerprint density at radius 2 is 1.74 bits per heavy atom. The molecular weight excluding hydrogens is 549 g/mol. The van der Waals surface area contributed by atoms with Crippen molar-refractivity contribution in [2.24, 2.45) is 0 Å². The summed E-state index contributed by atoms with van der Waals surface area (Å²) in [6.07, 6.45) is 1.53. The van der Waals surface area contributed by atoms with Crippen molar-refractivity contribution in [1.82, 2.24) is 20.1 Å². The number of benzene rings is 2. The van der Waals surface area contributed by atoms with Gasteiger partial charge >= 0.3 is 12.1 Å². The molecule has 0 atom stereocenters. The van der Waals surface area contributed by atoms with Gasteiger partial charge in [-0.1, -0.05) is 23.2 Å². The van der Waals surface area contributed by atoms with E-state index >= 15 is 0 Å². The number of nitrogens with zero attached hydrogens (tertiary/aromatic N) is 2. The number of amides is 4. The van der Waals surface area contributed by atoms with Gasteiger partial charge < -0.3 is 20.1 Å². The summed E-state index contributed by atoms with van der Waals surface area (Å²) in [6.45, 7) is 0.116. The highest BCUT2D eigenvalue weighted by atomic mass is 35.5. The Hall–Kier alpha value is -4.68. The standard InChI is InChI=1S/C25H23Cl2N7O5/c1-28-24(36)31-19-11-14(9-10-29-19)13-39-18-8-7-17(22(26)23(18)27)30-25(37)32-20-12-21(35)33-34(20)15-3-5-16(38-2)6-4-15/h3-12H,13H2,1-2H3,(H,33,35)(H2,30,32,37)(H2,28,29,31,36). The van der Waals surface area contributed by atoms with Gasteiger partial charge in [-0.25, -0.2) is 19.3 Å². The summed E-state index contributed by atoms with van der Waals surface area (Å²) in [4.78, 5) is 40.3. The first kappa shape index (κ1) is 27.4. The highest BCUT2D eigenvalue weighted by Crippen LogP contribution is 2.38. The summed E-state index contributed by atoms with van der Waals surface area (Å²) in [5.41, 5.74) is 1.14. The van der Waals surface area contributed by atoms with Gasteiger partial charge in [-0.05, 0) is 54.1 Å². The van der Waals surface area contributed by atoms with Gasteiger partial charge in [0.05, 0.1) is 23.5 Å². The maximum atomic E-state index is 12.7. The van der Waals surface area contributed by atoms with E-state index in [1.165, 1.54) is 30.1 Å². The third-order valence-electron chi connectivity index (χ3n) is 5.29. The van der Waals surface area contributed by atoms with Crippen LogP contribution in [0.3, 0.4) is 0 Å². The maximum absolute atomic E-state index is 12.7. The average molecular weight is 572 g/mol. The number of hydrogen-bond acceptors (Lipinski definition) is 6. The number of rotatable bonds is 8. The second-order valence-corrected chi connectivity index (χ2v) is 8.66. The third kappa shape index (κ3) is 6.80. The minimum absolute atomic E-state index is 0.0580. The minimum atomic E-state index is -0.657. The summed E-state index contributed by atoms with van der Waals surface area (Å²) < 4.78 is 12.3. The van der Waals surface area contributed by atoms with Crippen LogP contribution in [0.25, 0.3) is 5.69 Å². The molecule has 202 valence electrons. The molecule has 0 aliphatic rings. The van der Waals surface area contributed by atoms with Crippen LogP contribution in [0.15, 0.2) is 65.6 Å². The Morgan fingerprint density at radius 3 is 2.46 bits per heavy atom. The molecule has 2 aromatic heterocycles. The molecule has 4 rings (SSSR count). The molecule has 4 aromatic rings. The van der Waals surface area contributed by atoms with Gasteiger partial charge in [-0.15, -0.1) is 0 Å². The van der Waals surface area contributed by atoms with E-state index in [0.717, 1.165) is 5.56 Å². The third-order valence-corrected chi connectivity index (χ3v) is 6.15. The fourth-order valence-corrected chi connectivity index (χ4v) is 3.82. The second kappa shape index (κ2) is 12.2. The number of ether oxygens (including phenoxy) is 2. The van der Waals surface area contributed by atoms with E-state index in [-0.39, 0.29) is 33.9 Å². The van der Waals surface area contributed by atoms with E-state index in [2.05, 4.69) is 31.3 Å². The van der Waals surface area contributed by atoms with Crippen LogP contribution in [0.5, 0.6) is 11.5 Å². The van der Waals surface area contributed by atoms with Crippen molar-refractivity contribution < 1.29 is 19.1 Å². The van der Waals surface area contributed by atoms with Crippen LogP contribution < -0.4 is 36.3 Å². The van der Waals surface area contributed by atoms with Gasteiger partial charge in [0.25, 0.3) is 5.56 Å². The smallest absolute Gasteiger partial charge is 0.324 e. The molecule has 0 fully saturated rings. The highest BCUT2D eigenvalue weighted by molar-refractivity contribution is 6.45. The zero-order valence-corrected chi connectivity index (χ0v) is 22.2. The molecule has 0 unspecified atom stereocenters. The number of aromatic amines is 1. The Kier molecular flexibility index (Phi) is 8.59. The first-order chi connectivity index (χ1) is 18.8. The molecule has 0 radical (unpaired) electrons. The lowest BCUT2D eigenvalue weighted by atomic mass is 10.2. The molecule has 0 aliphatic heterocycles. The zero-order valence-electron chi connectivity index (χ0n) is 20.7. The van der Waals surface area contributed by atoms with Crippen molar-refractivity contribution in [3.63, 3.8) is 0 Å². The number of halogens is 2. The van der Waals surface area contributed by atoms with E-state index in [9.17, 15) is 14.4 Å². The summed E-state index contributed by atoms with van der Waals surface area (Å²) in [5, 5.41) is 13.0. The second-order valence-electron chi connectivity index (χ2n) is 7.90. The molecule has 2 heterocycles. The molecule has 0 saturated carbocycles. The fraction of sp³-hybridized carbons (Fsp3) is 0.120. The van der Waals surface area contributed by atoms with E-state index in [1.54, 1.807) is 49.6 Å². The van der Waals surface area contributed by atoms with E-state index < -0.39 is 17.6 Å². The van der Waals surface area contributed by atoms with Crippen LogP contribution in [-0.2, 0) is 6.61 Å². The number of hydrogen-bond donors (Lipinski definition) is 5. The summed E-state index contributed by atoms with van der Waals surface area (Å²) in [6, 6.07) is 13.5. The molecular formula is C25H23Cl2N7O5. The molecule has 12 nitrogen and oxygen atoms in total. The van der Waals surface area contributed by atoms with Gasteiger partial charge in [0.2, 0.25) is 0 Å². The lowest BCUT2D eigenvalue weighted by Crippen LogP contribution is -2.25. The number of nitrogens with one attached hydrogen (secondary N) is 5. The summed E-state index contributed by atoms with van der Waals surface area (Å²) >= 11 is 12.8. The lowest BCUT2D eigenvalue weighted by molar-refractivity contribution is 0.253. The van der Waals surface area contributed by atoms with Crippen LogP contribution in [0.1, 0.15) is 5.56 Å². The first-order valence-electron chi connectivity index (χ1n) is 11.4. The summed E-state index contributed by atoms with van der Waals surface area (Å²) in [7, 11) is 3.04. The number of carbonyl (C=O) groups is 2. The molecule has 39 heavy (non-hydrogen) atoms. The Morgan fingerprint density at radius 1 is 0.974 bits per heavy atom. The van der Waals surface area contributed by atoms with Crippen LogP contribution in [-0.4, -0.2) is 41.0 Å². The fourth-order valence-electron chi connectivity index (χ4n) is 3.40. The van der Waals surface area contributed by atoms with Crippen molar-refractivity contribution in [1.29, 1.82) is 0 Å². The Balaban J connectivity index is 1.42. The van der Waals surface area contributed by atoms with Crippen molar-refractivity contribution in [2.75, 3.05) is 30.1 Å². The SMILES string of the molecule is CNC(=O)Nc1cc(COc2ccc(NC(=O)Nc3cc(=O)[nH]n3-c3ccc(OC)cc3)c(Cl)c2Cl)ccn1. The number of aromatic nitrogens is 3. The molecule has 4 amide bonds. The van der Waals surface area contributed by atoms with Crippen LogP contribution in [0.4, 0.5) is 26.9 Å². The van der Waals surface area contributed by atoms with Crippen LogP contribution in [0, 0.1) is 0 Å². The predicted octanol–water partition coefficient (Wildman–Crippen LogP) is 4.85. The molecule has 0 bridgehead atoms. The van der Waals surface area contributed by atoms with Crippen LogP contribution >= 0.6 is 23.2 Å². The maximum Gasteiger partial charge on any atom is 0.324 e. The molecule has 2 aromatic carbocycles. The number of carbonyl (C=O) groups excluding carboxylic acids is 2. The van der Waals surface area contributed by atoms with E-state index in [4.69, 9.17) is 32.7 Å². The van der Waals surface area contributed by atoms with Crippen molar-refractivity contribution >= 4 is 52.6 Å². The van der Waals surface area contributed by atoms with Gasteiger partial charge in [0.15, 0.2) is 0 Å². The number of H-pyrrole nitrogens is 1. The molecule has 0 saturated heterocycles. The number of urea groups is 2. The lowest BCUT2D eigenvalue weighted by Gasteiger charge is -2.14. The largest absolute Gasteiger partial charge is 0.497 e. The minimum Gasteiger partial charge on any atom is -0.497 e. The highest BCUT2D eigenvalue weighted by Gasteiger charge is 2.16. The molecule has 5 N–H and O–H groups in total.